The summed E-state index contributed by atoms with van der Waals surface area (Å²) >= 11 is 0. The third-order valence-corrected chi connectivity index (χ3v) is 1.88. The topological polar surface area (TPSA) is 39.4 Å². The van der Waals surface area contributed by atoms with E-state index in [2.05, 4.69) is 15.3 Å². The minimum absolute atomic E-state index is 0.816. The average molecular weight is 172 g/mol. The highest BCUT2D eigenvalue weighted by Gasteiger charge is 2.13. The fourth-order valence-corrected chi connectivity index (χ4v) is 1.34. The predicted octanol–water partition coefficient (Wildman–Crippen LogP) is 1.81. The normalized spacial score (nSPS) is 15.7. The third kappa shape index (κ3) is 1.45. The fraction of sp³-hybridized carbons (Fsp3) is 0.200. The molecule has 0 unspecified atom stereocenters. The van der Waals surface area contributed by atoms with Crippen LogP contribution in [0.25, 0.3) is 5.70 Å². The molecule has 0 N–H and O–H groups in total. The Labute approximate surface area is 77.2 Å². The van der Waals surface area contributed by atoms with E-state index in [9.17, 15) is 0 Å². The van der Waals surface area contributed by atoms with Gasteiger partial charge < -0.3 is 0 Å². The number of aliphatic imine (C=N–C) groups is 1. The van der Waals surface area contributed by atoms with Crippen molar-refractivity contribution in [2.24, 2.45) is 4.99 Å². The highest BCUT2D eigenvalue weighted by molar-refractivity contribution is 5.93. The Hall–Kier alpha value is -1.64. The van der Waals surface area contributed by atoms with Crippen LogP contribution in [0, 0.1) is 0 Å². The van der Waals surface area contributed by atoms with Crippen LogP contribution in [0.2, 0.25) is 0 Å². The van der Waals surface area contributed by atoms with Crippen molar-refractivity contribution in [1.29, 1.82) is 0 Å². The number of amidine groups is 1. The molecule has 0 aromatic carbocycles. The highest BCUT2D eigenvalue weighted by atomic mass is 15.1. The van der Waals surface area contributed by atoms with Crippen molar-refractivity contribution in [3.8, 4) is 0 Å². The minimum Gasteiger partial charge on any atom is -0.264 e. The third-order valence-electron chi connectivity index (χ3n) is 1.88. The van der Waals surface area contributed by atoms with Crippen molar-refractivity contribution < 1.29 is 0 Å². The van der Waals surface area contributed by atoms with Gasteiger partial charge in [0, 0.05) is 18.0 Å². The Balaban J connectivity index is 2.43. The van der Waals surface area contributed by atoms with Gasteiger partial charge in [-0.15, -0.1) is 0 Å². The van der Waals surface area contributed by atoms with Gasteiger partial charge in [0.05, 0.1) is 11.4 Å². The van der Waals surface area contributed by atoms with E-state index in [1.165, 1.54) is 0 Å². The standard InChI is InChI=1S/C10H10N3/c1-7-10(13-8(2)12-7)9-4-3-5-11-6-9/h3-6H,1-2H3. The molecule has 65 valence electrons. The molecule has 0 saturated heterocycles. The summed E-state index contributed by atoms with van der Waals surface area (Å²) in [7, 11) is 0. The molecular weight excluding hydrogens is 162 g/mol. The molecule has 3 heteroatoms. The number of allylic oxidation sites excluding steroid dienone is 1. The van der Waals surface area contributed by atoms with Crippen LogP contribution in [-0.2, 0) is 0 Å². The first kappa shape index (κ1) is 7.98. The summed E-state index contributed by atoms with van der Waals surface area (Å²) in [6, 6.07) is 3.89. The van der Waals surface area contributed by atoms with Gasteiger partial charge in [0.1, 0.15) is 5.84 Å². The molecule has 2 heterocycles. The Morgan fingerprint density at radius 2 is 2.08 bits per heavy atom. The second-order valence-corrected chi connectivity index (χ2v) is 2.95. The van der Waals surface area contributed by atoms with E-state index in [0.29, 0.717) is 0 Å². The molecule has 0 spiro atoms. The van der Waals surface area contributed by atoms with Crippen molar-refractivity contribution >= 4 is 11.5 Å². The molecule has 13 heavy (non-hydrogen) atoms. The van der Waals surface area contributed by atoms with Gasteiger partial charge in [-0.2, -0.15) is 0 Å². The second-order valence-electron chi connectivity index (χ2n) is 2.95. The molecule has 1 aromatic heterocycles. The summed E-state index contributed by atoms with van der Waals surface area (Å²) in [5, 5.41) is 4.25. The number of aromatic nitrogens is 1. The van der Waals surface area contributed by atoms with Crippen LogP contribution >= 0.6 is 0 Å². The molecule has 0 atom stereocenters. The van der Waals surface area contributed by atoms with Gasteiger partial charge in [0.2, 0.25) is 0 Å². The largest absolute Gasteiger partial charge is 0.264 e. The monoisotopic (exact) mass is 172 g/mol. The van der Waals surface area contributed by atoms with E-state index < -0.39 is 0 Å². The molecule has 1 aliphatic heterocycles. The molecule has 1 aliphatic rings. The first-order valence-corrected chi connectivity index (χ1v) is 4.15. The van der Waals surface area contributed by atoms with Crippen molar-refractivity contribution in [2.75, 3.05) is 0 Å². The number of rotatable bonds is 1. The van der Waals surface area contributed by atoms with Crippen molar-refractivity contribution in [2.45, 2.75) is 13.8 Å². The Kier molecular flexibility index (Phi) is 1.85. The summed E-state index contributed by atoms with van der Waals surface area (Å²) in [4.78, 5) is 8.37. The van der Waals surface area contributed by atoms with E-state index in [1.54, 1.807) is 12.4 Å². The predicted molar refractivity (Wildman–Crippen MR) is 52.1 cm³/mol. The molecular formula is C10H10N3. The molecule has 0 amide bonds. The molecule has 1 aromatic rings. The second kappa shape index (κ2) is 3.01. The van der Waals surface area contributed by atoms with E-state index in [4.69, 9.17) is 0 Å². The zero-order chi connectivity index (χ0) is 9.26. The van der Waals surface area contributed by atoms with Gasteiger partial charge in [-0.25, -0.2) is 10.3 Å². The Bertz CT molecular complexity index is 376. The van der Waals surface area contributed by atoms with Gasteiger partial charge in [-0.1, -0.05) is 0 Å². The Morgan fingerprint density at radius 1 is 1.23 bits per heavy atom. The molecule has 0 saturated carbocycles. The number of nitrogens with zero attached hydrogens (tertiary/aromatic N) is 3. The van der Waals surface area contributed by atoms with Crippen LogP contribution in [0.3, 0.4) is 0 Å². The van der Waals surface area contributed by atoms with Crippen LogP contribution in [0.5, 0.6) is 0 Å². The van der Waals surface area contributed by atoms with Gasteiger partial charge in [0.15, 0.2) is 0 Å². The van der Waals surface area contributed by atoms with E-state index in [0.717, 1.165) is 22.8 Å². The maximum Gasteiger partial charge on any atom is 0.126 e. The highest BCUT2D eigenvalue weighted by Crippen LogP contribution is 2.22. The lowest BCUT2D eigenvalue weighted by Crippen LogP contribution is -2.02. The number of pyridine rings is 1. The van der Waals surface area contributed by atoms with Crippen LogP contribution in [-0.4, -0.2) is 10.8 Å². The SMILES string of the molecule is CC1=NC(c2cccnc2)=C(C)[N]1. The summed E-state index contributed by atoms with van der Waals surface area (Å²) < 4.78 is 0. The van der Waals surface area contributed by atoms with E-state index in [1.807, 2.05) is 26.0 Å². The van der Waals surface area contributed by atoms with Crippen LogP contribution in [0.4, 0.5) is 0 Å². The molecule has 0 fully saturated rings. The van der Waals surface area contributed by atoms with Crippen molar-refractivity contribution in [3.63, 3.8) is 0 Å². The fourth-order valence-electron chi connectivity index (χ4n) is 1.34. The minimum atomic E-state index is 0.816. The quantitative estimate of drug-likeness (QED) is 0.636. The Morgan fingerprint density at radius 3 is 2.62 bits per heavy atom. The lowest BCUT2D eigenvalue weighted by molar-refractivity contribution is 1.13. The molecule has 3 nitrogen and oxygen atoms in total. The lowest BCUT2D eigenvalue weighted by atomic mass is 10.2. The maximum absolute atomic E-state index is 4.33. The molecule has 2 rings (SSSR count). The van der Waals surface area contributed by atoms with Gasteiger partial charge in [-0.05, 0) is 26.0 Å². The molecule has 1 radical (unpaired) electrons. The first-order valence-electron chi connectivity index (χ1n) is 4.15. The summed E-state index contributed by atoms with van der Waals surface area (Å²) in [5.74, 6) is 0.816. The first-order chi connectivity index (χ1) is 6.27. The summed E-state index contributed by atoms with van der Waals surface area (Å²) in [5.41, 5.74) is 2.93. The van der Waals surface area contributed by atoms with Gasteiger partial charge in [-0.3, -0.25) is 4.98 Å². The van der Waals surface area contributed by atoms with E-state index >= 15 is 0 Å². The van der Waals surface area contributed by atoms with Crippen molar-refractivity contribution in [3.05, 3.63) is 35.8 Å². The van der Waals surface area contributed by atoms with Crippen LogP contribution in [0.1, 0.15) is 19.4 Å². The average Bonchev–Trinajstić information content (AvgIpc) is 2.47. The number of hydrogen-bond donors (Lipinski definition) is 0. The summed E-state index contributed by atoms with van der Waals surface area (Å²) in [6.45, 7) is 3.86. The van der Waals surface area contributed by atoms with E-state index in [-0.39, 0.29) is 0 Å². The lowest BCUT2D eigenvalue weighted by Gasteiger charge is -1.97. The van der Waals surface area contributed by atoms with Gasteiger partial charge in [0.25, 0.3) is 0 Å². The zero-order valence-electron chi connectivity index (χ0n) is 7.65. The zero-order valence-corrected chi connectivity index (χ0v) is 7.65. The smallest absolute Gasteiger partial charge is 0.126 e. The van der Waals surface area contributed by atoms with Crippen molar-refractivity contribution in [1.82, 2.24) is 10.3 Å². The van der Waals surface area contributed by atoms with Gasteiger partial charge >= 0.3 is 0 Å². The maximum atomic E-state index is 4.33. The van der Waals surface area contributed by atoms with Crippen LogP contribution in [0.15, 0.2) is 35.2 Å². The number of hydrogen-bond acceptors (Lipinski definition) is 2. The molecule has 0 bridgehead atoms. The summed E-state index contributed by atoms with van der Waals surface area (Å²) in [6.07, 6.45) is 3.55. The molecule has 0 aliphatic carbocycles. The van der Waals surface area contributed by atoms with Crippen LogP contribution < -0.4 is 5.32 Å².